The molecule has 4 saturated carbocycles. The molecule has 12 rings (SSSR count). The molecule has 6 aliphatic rings. The average Bonchev–Trinajstić information content (AvgIpc) is 1.20. The second-order valence-electron chi connectivity index (χ2n) is 30.5. The van der Waals surface area contributed by atoms with E-state index in [2.05, 4.69) is 45.4 Å². The van der Waals surface area contributed by atoms with E-state index in [1.807, 2.05) is 59.0 Å². The predicted octanol–water partition coefficient (Wildman–Crippen LogP) is 7.11. The molecule has 9 amide bonds. The van der Waals surface area contributed by atoms with E-state index < -0.39 is 78.4 Å². The average molecular weight is 1490 g/mol. The number of carboxylic acids is 1. The number of carbonyl (C=O) groups excluding carboxylic acids is 8. The number of ether oxygens (including phenoxy) is 2. The molecule has 5 heterocycles. The van der Waals surface area contributed by atoms with Crippen molar-refractivity contribution in [2.75, 3.05) is 61.5 Å². The van der Waals surface area contributed by atoms with Gasteiger partial charge in [-0.05, 0) is 165 Å². The fourth-order valence-electron chi connectivity index (χ4n) is 17.3. The van der Waals surface area contributed by atoms with Crippen molar-refractivity contribution in [1.29, 1.82) is 0 Å². The molecule has 4 bridgehead atoms. The van der Waals surface area contributed by atoms with Crippen LogP contribution in [0, 0.1) is 29.1 Å². The number of aromatic nitrogens is 4. The lowest BCUT2D eigenvalue weighted by molar-refractivity contribution is -0.248. The standard InChI is InChI=1S/C77H97N13O16S/c1-46(2)64(85-61(94)18-7-6-10-30-89-62(95)25-26-63(89)96)69(100)82-56(16-12-29-79-71(78)103)68(99)81-50-21-19-48(20-22-50)38-105-73(104)87(32-28-57(92)66(97)58(93)37-91)33-34-106-77-42-74(4)39-75(5,43-77)41-76(40-74,44-77)45-90-47(3)53(35-80-90)51-23-24-60(84-65(51)70(101)102)88-31-27-49-13-11-14-52(54(49)36-88)67(98)86-72-83-55-15-8-9-17-59(55)107-72/h8-9,11,13-15,17,19-26,35,46,56-58,64,66,91-93,97H,6-7,10,12,16,18,27-34,36-45H2,1-5H3,(H,81,99)(H,82,100)(H,85,94)(H,101,102)(H3,78,79,103)(H,83,86,98)/t56-,57-,58-,64-,66+,74?,75?,76?,77?/m1/s1. The van der Waals surface area contributed by atoms with Gasteiger partial charge in [0.25, 0.3) is 17.7 Å². The van der Waals surface area contributed by atoms with Crippen LogP contribution < -0.4 is 37.2 Å². The number of amides is 9. The number of fused-ring (bicyclic) bond motifs is 2. The third-order valence-electron chi connectivity index (χ3n) is 21.3. The number of thiazole rings is 1. The number of urea groups is 1. The number of benzene rings is 3. The van der Waals surface area contributed by atoms with Crippen LogP contribution in [0.2, 0.25) is 0 Å². The minimum Gasteiger partial charge on any atom is -0.476 e. The van der Waals surface area contributed by atoms with Gasteiger partial charge in [0.2, 0.25) is 17.7 Å². The Kier molecular flexibility index (Phi) is 24.6. The summed E-state index contributed by atoms with van der Waals surface area (Å²) in [5.74, 6) is -3.76. The number of carboxylic acid groups (broad SMARTS) is 1. The van der Waals surface area contributed by atoms with Crippen LogP contribution in [0.25, 0.3) is 21.3 Å². The van der Waals surface area contributed by atoms with E-state index in [0.717, 1.165) is 64.0 Å². The zero-order valence-corrected chi connectivity index (χ0v) is 61.8. The number of aliphatic hydroxyl groups excluding tert-OH is 4. The van der Waals surface area contributed by atoms with Crippen LogP contribution in [0.3, 0.4) is 0 Å². The highest BCUT2D eigenvalue weighted by molar-refractivity contribution is 7.22. The minimum absolute atomic E-state index is 0.0143. The maximum Gasteiger partial charge on any atom is 0.410 e. The first-order valence-electron chi connectivity index (χ1n) is 36.6. The minimum atomic E-state index is -1.71. The first kappa shape index (κ1) is 78.4. The summed E-state index contributed by atoms with van der Waals surface area (Å²) in [5.41, 5.74) is 9.89. The van der Waals surface area contributed by atoms with Crippen molar-refractivity contribution in [3.8, 4) is 11.1 Å². The van der Waals surface area contributed by atoms with Gasteiger partial charge < -0.3 is 71.8 Å². The molecule has 4 aliphatic carbocycles. The molecule has 107 heavy (non-hydrogen) atoms. The van der Waals surface area contributed by atoms with E-state index in [1.54, 1.807) is 56.4 Å². The van der Waals surface area contributed by atoms with Crippen molar-refractivity contribution in [3.63, 3.8) is 0 Å². The summed E-state index contributed by atoms with van der Waals surface area (Å²) in [5, 5.41) is 71.3. The predicted molar refractivity (Wildman–Crippen MR) is 397 cm³/mol. The van der Waals surface area contributed by atoms with Crippen LogP contribution in [0.15, 0.2) is 97.2 Å². The number of imide groups is 1. The SMILES string of the molecule is Cc1c(-c2ccc(N3CCc4cccc(C(=O)Nc5nc6ccccc6s5)c4C3)nc2C(=O)O)cnn1CC12CC3(C)CC(C)(C1)CC(OCCN(CC[C@@H](O)[C@H](O)[C@H](O)CO)C(=O)OCc1ccc(NC(=O)[C@@H](CCCNC(N)=O)NC(=O)[C@H](NC(=O)CCCCCN4C(=O)C=CC4=O)C(C)C)cc1)(C3)C2. The lowest BCUT2D eigenvalue weighted by atomic mass is 9.39. The van der Waals surface area contributed by atoms with E-state index in [0.29, 0.717) is 90.6 Å². The Bertz CT molecular complexity index is 4260. The summed E-state index contributed by atoms with van der Waals surface area (Å²) in [4.78, 5) is 131. The number of aliphatic hydroxyl groups is 4. The maximum absolute atomic E-state index is 14.2. The van der Waals surface area contributed by atoms with Crippen molar-refractivity contribution in [1.82, 2.24) is 45.5 Å². The number of aromatic carboxylic acids is 1. The number of rotatable bonds is 35. The van der Waals surface area contributed by atoms with E-state index in [9.17, 15) is 68.7 Å². The molecule has 2 aliphatic heterocycles. The highest BCUT2D eigenvalue weighted by atomic mass is 32.1. The molecule has 12 N–H and O–H groups in total. The van der Waals surface area contributed by atoms with Crippen molar-refractivity contribution in [2.24, 2.45) is 27.9 Å². The van der Waals surface area contributed by atoms with Crippen LogP contribution in [0.1, 0.15) is 154 Å². The molecule has 3 aromatic heterocycles. The number of unbranched alkanes of at least 4 members (excludes halogenated alkanes) is 2. The zero-order chi connectivity index (χ0) is 76.5. The van der Waals surface area contributed by atoms with Crippen molar-refractivity contribution < 1.29 is 78.2 Å². The normalized spacial score (nSPS) is 21.4. The number of pyridine rings is 1. The van der Waals surface area contributed by atoms with Gasteiger partial charge >= 0.3 is 18.1 Å². The van der Waals surface area contributed by atoms with Gasteiger partial charge in [0.15, 0.2) is 10.8 Å². The summed E-state index contributed by atoms with van der Waals surface area (Å²) in [6.45, 7) is 10.7. The summed E-state index contributed by atoms with van der Waals surface area (Å²) in [6, 6.07) is 20.5. The first-order valence-corrected chi connectivity index (χ1v) is 37.4. The van der Waals surface area contributed by atoms with Crippen molar-refractivity contribution >= 4 is 91.7 Å². The second-order valence-corrected chi connectivity index (χ2v) is 31.6. The lowest BCUT2D eigenvalue weighted by Crippen LogP contribution is -2.64. The van der Waals surface area contributed by atoms with E-state index in [1.165, 1.54) is 28.4 Å². The number of hydrogen-bond donors (Lipinski definition) is 11. The third-order valence-corrected chi connectivity index (χ3v) is 22.3. The fraction of sp³-hybridized carbons (Fsp3) is 0.506. The van der Waals surface area contributed by atoms with Gasteiger partial charge in [-0.25, -0.2) is 24.4 Å². The van der Waals surface area contributed by atoms with Crippen molar-refractivity contribution in [2.45, 2.75) is 180 Å². The highest BCUT2D eigenvalue weighted by Crippen LogP contribution is 2.72. The Morgan fingerprint density at radius 3 is 2.21 bits per heavy atom. The van der Waals surface area contributed by atoms with E-state index >= 15 is 0 Å². The largest absolute Gasteiger partial charge is 0.476 e. The summed E-state index contributed by atoms with van der Waals surface area (Å²) < 4.78 is 15.9. The third kappa shape index (κ3) is 19.0. The Morgan fingerprint density at radius 1 is 0.776 bits per heavy atom. The number of anilines is 3. The molecule has 0 radical (unpaired) electrons. The van der Waals surface area contributed by atoms with Gasteiger partial charge in [0, 0.05) is 92.5 Å². The molecule has 4 fully saturated rings. The molecule has 7 atom stereocenters. The van der Waals surface area contributed by atoms with E-state index in [4.69, 9.17) is 25.3 Å². The number of carbonyl (C=O) groups is 9. The molecule has 30 heteroatoms. The van der Waals surface area contributed by atoms with Gasteiger partial charge in [-0.2, -0.15) is 5.10 Å². The lowest BCUT2D eigenvalue weighted by Gasteiger charge is -2.69. The quantitative estimate of drug-likeness (QED) is 0.0139. The number of nitrogens with two attached hydrogens (primary N) is 1. The van der Waals surface area contributed by atoms with Gasteiger partial charge in [-0.3, -0.25) is 43.7 Å². The highest BCUT2D eigenvalue weighted by Gasteiger charge is 2.66. The molecular formula is C77H97N13O16S. The van der Waals surface area contributed by atoms with Gasteiger partial charge in [-0.1, -0.05) is 81.9 Å². The van der Waals surface area contributed by atoms with Crippen molar-refractivity contribution in [3.05, 3.63) is 131 Å². The Balaban J connectivity index is 0.716. The number of para-hydroxylation sites is 1. The number of nitrogens with one attached hydrogen (secondary N) is 5. The number of nitrogens with zero attached hydrogens (tertiary/aromatic N) is 7. The second kappa shape index (κ2) is 33.6. The van der Waals surface area contributed by atoms with Gasteiger partial charge in [-0.15, -0.1) is 0 Å². The van der Waals surface area contributed by atoms with E-state index in [-0.39, 0.29) is 111 Å². The molecule has 572 valence electrons. The topological polar surface area (TPSA) is 413 Å². The Hall–Kier alpha value is -9.72. The Labute approximate surface area is 624 Å². The first-order chi connectivity index (χ1) is 51.0. The number of hydrogen-bond acceptors (Lipinski definition) is 20. The fourth-order valence-corrected chi connectivity index (χ4v) is 18.1. The van der Waals surface area contributed by atoms with Crippen LogP contribution in [-0.2, 0) is 59.6 Å². The number of primary amides is 1. The molecule has 3 aromatic carbocycles. The van der Waals surface area contributed by atoms with Crippen LogP contribution in [-0.4, -0.2) is 191 Å². The molecule has 0 spiro atoms. The smallest absolute Gasteiger partial charge is 0.410 e. The molecule has 0 saturated heterocycles. The molecule has 29 nitrogen and oxygen atoms in total. The molecule has 2 unspecified atom stereocenters. The molecular weight excluding hydrogens is 1390 g/mol. The monoisotopic (exact) mass is 1490 g/mol. The van der Waals surface area contributed by atoms with Crippen LogP contribution >= 0.6 is 11.3 Å². The summed E-state index contributed by atoms with van der Waals surface area (Å²) in [6.07, 6.45) is 5.81. The zero-order valence-electron chi connectivity index (χ0n) is 61.0. The van der Waals surface area contributed by atoms with Crippen LogP contribution in [0.5, 0.6) is 0 Å². The Morgan fingerprint density at radius 2 is 1.51 bits per heavy atom. The van der Waals surface area contributed by atoms with Gasteiger partial charge in [0.05, 0.1) is 41.3 Å². The van der Waals surface area contributed by atoms with Crippen LogP contribution in [0.4, 0.5) is 26.2 Å². The summed E-state index contributed by atoms with van der Waals surface area (Å²) in [7, 11) is 0. The van der Waals surface area contributed by atoms with Gasteiger partial charge in [0.1, 0.15) is 36.7 Å². The molecule has 6 aromatic rings. The summed E-state index contributed by atoms with van der Waals surface area (Å²) >= 11 is 1.40. The maximum atomic E-state index is 14.2.